The highest BCUT2D eigenvalue weighted by Gasteiger charge is 2.28. The van der Waals surface area contributed by atoms with Gasteiger partial charge in [0.2, 0.25) is 5.91 Å². The van der Waals surface area contributed by atoms with Gasteiger partial charge in [-0.15, -0.1) is 0 Å². The molecule has 1 fully saturated rings. The second-order valence-corrected chi connectivity index (χ2v) is 6.51. The van der Waals surface area contributed by atoms with Crippen LogP contribution < -0.4 is 4.74 Å². The molecule has 1 amide bonds. The summed E-state index contributed by atoms with van der Waals surface area (Å²) in [5.74, 6) is 0.515. The van der Waals surface area contributed by atoms with E-state index in [0.717, 1.165) is 17.0 Å². The zero-order chi connectivity index (χ0) is 18.8. The lowest BCUT2D eigenvalue weighted by Gasteiger charge is -2.38. The summed E-state index contributed by atoms with van der Waals surface area (Å²) >= 11 is 0. The van der Waals surface area contributed by atoms with E-state index in [9.17, 15) is 9.18 Å². The van der Waals surface area contributed by atoms with Crippen LogP contribution in [-0.2, 0) is 9.53 Å². The van der Waals surface area contributed by atoms with Crippen molar-refractivity contribution in [3.63, 3.8) is 0 Å². The van der Waals surface area contributed by atoms with Crippen molar-refractivity contribution < 1.29 is 18.7 Å². The Morgan fingerprint density at radius 1 is 1.19 bits per heavy atom. The summed E-state index contributed by atoms with van der Waals surface area (Å²) in [5.41, 5.74) is 2.44. The Hall–Kier alpha value is -2.93. The largest absolute Gasteiger partial charge is 0.491 e. The van der Waals surface area contributed by atoms with Crippen LogP contribution in [0.3, 0.4) is 0 Å². The van der Waals surface area contributed by atoms with Crippen molar-refractivity contribution in [3.05, 3.63) is 54.6 Å². The summed E-state index contributed by atoms with van der Waals surface area (Å²) in [6, 6.07) is 10.6. The number of nitrogens with zero attached hydrogens (tertiary/aromatic N) is 3. The smallest absolute Gasteiger partial charge is 0.219 e. The SMILES string of the molecule is CC(=O)N1CC(OCCOc2ccc(-c3cnc4ccc(F)cn34)cc2)C1. The molecule has 140 valence electrons. The van der Waals surface area contributed by atoms with E-state index in [1.54, 1.807) is 28.5 Å². The zero-order valence-corrected chi connectivity index (χ0v) is 15.0. The molecular formula is C20H20FN3O3. The third kappa shape index (κ3) is 3.78. The molecular weight excluding hydrogens is 349 g/mol. The van der Waals surface area contributed by atoms with Gasteiger partial charge in [-0.2, -0.15) is 0 Å². The Morgan fingerprint density at radius 3 is 2.70 bits per heavy atom. The maximum absolute atomic E-state index is 13.5. The lowest BCUT2D eigenvalue weighted by molar-refractivity contribution is -0.142. The number of carbonyl (C=O) groups excluding carboxylic acids is 1. The predicted octanol–water partition coefficient (Wildman–Crippen LogP) is 2.77. The van der Waals surface area contributed by atoms with Gasteiger partial charge in [-0.3, -0.25) is 9.20 Å². The molecule has 0 bridgehead atoms. The molecule has 7 heteroatoms. The van der Waals surface area contributed by atoms with Crippen LogP contribution in [0.2, 0.25) is 0 Å². The Labute approximate surface area is 156 Å². The molecule has 1 aliphatic rings. The van der Waals surface area contributed by atoms with E-state index in [1.165, 1.54) is 12.3 Å². The van der Waals surface area contributed by atoms with E-state index in [0.29, 0.717) is 32.0 Å². The molecule has 4 rings (SSSR count). The van der Waals surface area contributed by atoms with E-state index >= 15 is 0 Å². The third-order valence-electron chi connectivity index (χ3n) is 4.62. The normalized spacial score (nSPS) is 14.4. The minimum absolute atomic E-state index is 0.0832. The fourth-order valence-electron chi connectivity index (χ4n) is 3.07. The van der Waals surface area contributed by atoms with Crippen LogP contribution in [0.1, 0.15) is 6.92 Å². The van der Waals surface area contributed by atoms with Gasteiger partial charge in [0.05, 0.1) is 24.6 Å². The van der Waals surface area contributed by atoms with E-state index in [-0.39, 0.29) is 17.8 Å². The first-order valence-corrected chi connectivity index (χ1v) is 8.83. The summed E-state index contributed by atoms with van der Waals surface area (Å²) in [6.45, 7) is 3.79. The highest BCUT2D eigenvalue weighted by Crippen LogP contribution is 2.24. The van der Waals surface area contributed by atoms with Crippen LogP contribution >= 0.6 is 0 Å². The van der Waals surface area contributed by atoms with Crippen molar-refractivity contribution in [1.29, 1.82) is 0 Å². The van der Waals surface area contributed by atoms with Crippen molar-refractivity contribution >= 4 is 11.6 Å². The van der Waals surface area contributed by atoms with Crippen LogP contribution in [0, 0.1) is 5.82 Å². The molecule has 0 spiro atoms. The number of ether oxygens (including phenoxy) is 2. The Morgan fingerprint density at radius 2 is 1.96 bits per heavy atom. The maximum Gasteiger partial charge on any atom is 0.219 e. The summed E-state index contributed by atoms with van der Waals surface area (Å²) in [7, 11) is 0. The Bertz CT molecular complexity index is 949. The van der Waals surface area contributed by atoms with Crippen molar-refractivity contribution in [2.45, 2.75) is 13.0 Å². The average Bonchev–Trinajstić information content (AvgIpc) is 3.03. The fraction of sp³-hybridized carbons (Fsp3) is 0.300. The lowest BCUT2D eigenvalue weighted by atomic mass is 10.1. The van der Waals surface area contributed by atoms with Crippen LogP contribution in [0.25, 0.3) is 16.9 Å². The van der Waals surface area contributed by atoms with Gasteiger partial charge in [0.1, 0.15) is 23.8 Å². The molecule has 0 radical (unpaired) electrons. The summed E-state index contributed by atoms with van der Waals surface area (Å²) in [5, 5.41) is 0. The minimum atomic E-state index is -0.306. The van der Waals surface area contributed by atoms with E-state index in [2.05, 4.69) is 4.98 Å². The van der Waals surface area contributed by atoms with Crippen molar-refractivity contribution in [2.75, 3.05) is 26.3 Å². The number of carbonyl (C=O) groups is 1. The summed E-state index contributed by atoms with van der Waals surface area (Å²) < 4.78 is 26.6. The first-order valence-electron chi connectivity index (χ1n) is 8.83. The van der Waals surface area contributed by atoms with Crippen LogP contribution in [-0.4, -0.2) is 52.6 Å². The first kappa shape index (κ1) is 17.5. The molecule has 3 heterocycles. The van der Waals surface area contributed by atoms with Crippen LogP contribution in [0.5, 0.6) is 5.75 Å². The molecule has 3 aromatic rings. The number of fused-ring (bicyclic) bond motifs is 1. The fourth-order valence-corrected chi connectivity index (χ4v) is 3.07. The first-order chi connectivity index (χ1) is 13.1. The standard InChI is InChI=1S/C20H20FN3O3/c1-14(25)23-12-18(13-23)27-9-8-26-17-5-2-15(3-6-17)19-10-22-20-7-4-16(21)11-24(19)20/h2-7,10-11,18H,8-9,12-13H2,1H3. The highest BCUT2D eigenvalue weighted by molar-refractivity contribution is 5.74. The molecule has 2 aromatic heterocycles. The molecule has 0 aliphatic carbocycles. The number of likely N-dealkylation sites (tertiary alicyclic amines) is 1. The highest BCUT2D eigenvalue weighted by atomic mass is 19.1. The topological polar surface area (TPSA) is 56.1 Å². The minimum Gasteiger partial charge on any atom is -0.491 e. The van der Waals surface area contributed by atoms with Gasteiger partial charge >= 0.3 is 0 Å². The van der Waals surface area contributed by atoms with Crippen LogP contribution in [0.4, 0.5) is 4.39 Å². The monoisotopic (exact) mass is 369 g/mol. The molecule has 6 nitrogen and oxygen atoms in total. The third-order valence-corrected chi connectivity index (χ3v) is 4.62. The molecule has 1 saturated heterocycles. The molecule has 0 unspecified atom stereocenters. The second-order valence-electron chi connectivity index (χ2n) is 6.51. The number of benzene rings is 1. The molecule has 0 N–H and O–H groups in total. The number of rotatable bonds is 6. The molecule has 27 heavy (non-hydrogen) atoms. The number of hydrogen-bond acceptors (Lipinski definition) is 4. The molecule has 1 aromatic carbocycles. The Kier molecular flexibility index (Phi) is 4.77. The van der Waals surface area contributed by atoms with Gasteiger partial charge in [0.15, 0.2) is 0 Å². The number of hydrogen-bond donors (Lipinski definition) is 0. The predicted molar refractivity (Wildman–Crippen MR) is 98.1 cm³/mol. The van der Waals surface area contributed by atoms with Gasteiger partial charge in [-0.1, -0.05) is 0 Å². The molecule has 0 saturated carbocycles. The number of amides is 1. The maximum atomic E-state index is 13.5. The summed E-state index contributed by atoms with van der Waals surface area (Å²) in [4.78, 5) is 17.1. The number of aromatic nitrogens is 2. The van der Waals surface area contributed by atoms with Gasteiger partial charge < -0.3 is 14.4 Å². The van der Waals surface area contributed by atoms with E-state index in [4.69, 9.17) is 9.47 Å². The van der Waals surface area contributed by atoms with Crippen LogP contribution in [0.15, 0.2) is 48.8 Å². The van der Waals surface area contributed by atoms with Gasteiger partial charge in [-0.05, 0) is 36.4 Å². The molecule has 0 atom stereocenters. The number of pyridine rings is 1. The van der Waals surface area contributed by atoms with Gasteiger partial charge in [0, 0.05) is 31.8 Å². The number of imidazole rings is 1. The van der Waals surface area contributed by atoms with E-state index < -0.39 is 0 Å². The van der Waals surface area contributed by atoms with E-state index in [1.807, 2.05) is 24.3 Å². The number of halogens is 1. The summed E-state index contributed by atoms with van der Waals surface area (Å²) in [6.07, 6.45) is 3.25. The van der Waals surface area contributed by atoms with Gasteiger partial charge in [0.25, 0.3) is 0 Å². The second kappa shape index (κ2) is 7.36. The van der Waals surface area contributed by atoms with Crippen molar-refractivity contribution in [3.8, 4) is 17.0 Å². The van der Waals surface area contributed by atoms with Gasteiger partial charge in [-0.25, -0.2) is 9.37 Å². The Balaban J connectivity index is 1.30. The lowest BCUT2D eigenvalue weighted by Crippen LogP contribution is -2.54. The molecule has 1 aliphatic heterocycles. The van der Waals surface area contributed by atoms with Crippen molar-refractivity contribution in [1.82, 2.24) is 14.3 Å². The average molecular weight is 369 g/mol. The quantitative estimate of drug-likeness (QED) is 0.627. The zero-order valence-electron chi connectivity index (χ0n) is 15.0. The van der Waals surface area contributed by atoms with Crippen molar-refractivity contribution in [2.24, 2.45) is 0 Å².